The van der Waals surface area contributed by atoms with Gasteiger partial charge in [0.05, 0.1) is 29.4 Å². The molecule has 2 aromatic rings. The highest BCUT2D eigenvalue weighted by Crippen LogP contribution is 2.22. The topological polar surface area (TPSA) is 63.5 Å². The fourth-order valence-electron chi connectivity index (χ4n) is 3.51. The molecule has 1 saturated heterocycles. The second-order valence-corrected chi connectivity index (χ2v) is 8.60. The van der Waals surface area contributed by atoms with Crippen LogP contribution in [0.15, 0.2) is 24.3 Å². The van der Waals surface area contributed by atoms with Crippen LogP contribution in [0.5, 0.6) is 0 Å². The zero-order valence-corrected chi connectivity index (χ0v) is 17.1. The number of carbonyl (C=O) groups is 1. The summed E-state index contributed by atoms with van der Waals surface area (Å²) in [6.07, 6.45) is 0. The monoisotopic (exact) mass is 385 g/mol. The number of para-hydroxylation sites is 1. The van der Waals surface area contributed by atoms with Gasteiger partial charge in [-0.1, -0.05) is 26.0 Å². The highest BCUT2D eigenvalue weighted by atomic mass is 32.1. The predicted molar refractivity (Wildman–Crippen MR) is 108 cm³/mol. The van der Waals surface area contributed by atoms with Gasteiger partial charge in [-0.15, -0.1) is 11.3 Å². The maximum absolute atomic E-state index is 12.6. The number of fused-ring (bicyclic) bond motifs is 1. The van der Waals surface area contributed by atoms with Crippen LogP contribution in [0.1, 0.15) is 18.9 Å². The number of thiazole rings is 1. The Morgan fingerprint density at radius 3 is 2.63 bits per heavy atom. The Kier molecular flexibility index (Phi) is 6.42. The molecule has 1 atom stereocenters. The maximum Gasteiger partial charge on any atom is 0.236 e. The summed E-state index contributed by atoms with van der Waals surface area (Å²) in [5.41, 5.74) is 1.02. The lowest BCUT2D eigenvalue weighted by molar-refractivity contribution is -0.134. The van der Waals surface area contributed by atoms with E-state index >= 15 is 0 Å². The van der Waals surface area contributed by atoms with Gasteiger partial charge in [-0.2, -0.15) is 5.26 Å². The van der Waals surface area contributed by atoms with E-state index in [-0.39, 0.29) is 11.9 Å². The molecule has 2 heterocycles. The second-order valence-electron chi connectivity index (χ2n) is 7.48. The molecule has 1 amide bonds. The Hall–Kier alpha value is -2.01. The summed E-state index contributed by atoms with van der Waals surface area (Å²) in [7, 11) is 1.96. The van der Waals surface area contributed by atoms with Gasteiger partial charge in [0.15, 0.2) is 0 Å². The molecule has 27 heavy (non-hydrogen) atoms. The van der Waals surface area contributed by atoms with E-state index in [9.17, 15) is 10.1 Å². The van der Waals surface area contributed by atoms with Crippen LogP contribution < -0.4 is 0 Å². The molecule has 1 aromatic carbocycles. The van der Waals surface area contributed by atoms with Crippen LogP contribution in [0.3, 0.4) is 0 Å². The molecular formula is C20H27N5OS. The van der Waals surface area contributed by atoms with Gasteiger partial charge in [0.25, 0.3) is 0 Å². The van der Waals surface area contributed by atoms with Crippen LogP contribution in [0.25, 0.3) is 10.2 Å². The lowest BCUT2D eigenvalue weighted by atomic mass is 10.0. The molecule has 1 aliphatic rings. The summed E-state index contributed by atoms with van der Waals surface area (Å²) in [6.45, 7) is 8.13. The lowest BCUT2D eigenvalue weighted by Crippen LogP contribution is -2.54. The number of benzene rings is 1. The van der Waals surface area contributed by atoms with Crippen molar-refractivity contribution in [2.75, 3.05) is 39.8 Å². The average molecular weight is 386 g/mol. The van der Waals surface area contributed by atoms with Gasteiger partial charge in [-0.05, 0) is 25.1 Å². The number of nitriles is 1. The van der Waals surface area contributed by atoms with Crippen LogP contribution in [0.4, 0.5) is 0 Å². The Bertz CT molecular complexity index is 786. The van der Waals surface area contributed by atoms with E-state index < -0.39 is 0 Å². The summed E-state index contributed by atoms with van der Waals surface area (Å²) < 4.78 is 1.18. The molecule has 0 saturated carbocycles. The fraction of sp³-hybridized carbons (Fsp3) is 0.550. The van der Waals surface area contributed by atoms with Crippen molar-refractivity contribution in [3.63, 3.8) is 0 Å². The molecule has 6 nitrogen and oxygen atoms in total. The number of likely N-dealkylation sites (N-methyl/N-ethyl adjacent to an activating group) is 1. The van der Waals surface area contributed by atoms with E-state index in [0.29, 0.717) is 32.1 Å². The van der Waals surface area contributed by atoms with Crippen molar-refractivity contribution < 1.29 is 4.79 Å². The number of carbonyl (C=O) groups excluding carboxylic acids is 1. The summed E-state index contributed by atoms with van der Waals surface area (Å²) in [6, 6.07) is 10.4. The van der Waals surface area contributed by atoms with E-state index in [4.69, 9.17) is 0 Å². The zero-order chi connectivity index (χ0) is 19.4. The van der Waals surface area contributed by atoms with Crippen LogP contribution in [-0.4, -0.2) is 71.4 Å². The first-order valence-electron chi connectivity index (χ1n) is 9.42. The molecule has 0 N–H and O–H groups in total. The SMILES string of the molecule is CC(C)[C@H](C#N)N1CCN(C(=O)CN(C)Cc2nc3ccccc3s2)CC1. The Labute approximate surface area is 165 Å². The zero-order valence-electron chi connectivity index (χ0n) is 16.3. The summed E-state index contributed by atoms with van der Waals surface area (Å²) >= 11 is 1.68. The average Bonchev–Trinajstić information content (AvgIpc) is 3.04. The molecule has 1 aliphatic heterocycles. The molecule has 0 aliphatic carbocycles. The van der Waals surface area contributed by atoms with E-state index in [2.05, 4.69) is 35.9 Å². The number of piperazine rings is 1. The van der Waals surface area contributed by atoms with Crippen molar-refractivity contribution >= 4 is 27.5 Å². The normalized spacial score (nSPS) is 16.8. The van der Waals surface area contributed by atoms with E-state index in [1.165, 1.54) is 4.70 Å². The van der Waals surface area contributed by atoms with Crippen LogP contribution in [0.2, 0.25) is 0 Å². The van der Waals surface area contributed by atoms with Gasteiger partial charge < -0.3 is 4.90 Å². The number of amides is 1. The highest BCUT2D eigenvalue weighted by molar-refractivity contribution is 7.18. The maximum atomic E-state index is 12.6. The number of hydrogen-bond donors (Lipinski definition) is 0. The van der Waals surface area contributed by atoms with Crippen molar-refractivity contribution in [2.45, 2.75) is 26.4 Å². The van der Waals surface area contributed by atoms with Crippen LogP contribution >= 0.6 is 11.3 Å². The lowest BCUT2D eigenvalue weighted by Gasteiger charge is -2.38. The molecule has 0 spiro atoms. The van der Waals surface area contributed by atoms with Gasteiger partial charge in [-0.3, -0.25) is 14.6 Å². The molecule has 0 bridgehead atoms. The molecular weight excluding hydrogens is 358 g/mol. The van der Waals surface area contributed by atoms with Gasteiger partial charge in [-0.25, -0.2) is 4.98 Å². The number of aromatic nitrogens is 1. The summed E-state index contributed by atoms with van der Waals surface area (Å²) in [4.78, 5) is 23.4. The number of nitrogens with zero attached hydrogens (tertiary/aromatic N) is 5. The largest absolute Gasteiger partial charge is 0.339 e. The number of hydrogen-bond acceptors (Lipinski definition) is 6. The molecule has 3 rings (SSSR count). The molecule has 0 radical (unpaired) electrons. The minimum absolute atomic E-state index is 0.0658. The van der Waals surface area contributed by atoms with E-state index in [1.807, 2.05) is 35.0 Å². The molecule has 144 valence electrons. The molecule has 1 aromatic heterocycles. The van der Waals surface area contributed by atoms with Gasteiger partial charge in [0.1, 0.15) is 11.0 Å². The third kappa shape index (κ3) is 4.83. The standard InChI is InChI=1S/C20H27N5OS/c1-15(2)17(12-21)24-8-10-25(11-9-24)20(26)14-23(3)13-19-22-16-6-4-5-7-18(16)27-19/h4-7,15,17H,8-11,13-14H2,1-3H3/t17-/m0/s1. The smallest absolute Gasteiger partial charge is 0.236 e. The van der Waals surface area contributed by atoms with Crippen LogP contribution in [0, 0.1) is 17.2 Å². The van der Waals surface area contributed by atoms with Crippen molar-refractivity contribution in [2.24, 2.45) is 5.92 Å². The Morgan fingerprint density at radius 1 is 1.30 bits per heavy atom. The molecule has 0 unspecified atom stereocenters. The van der Waals surface area contributed by atoms with Crippen molar-refractivity contribution in [3.8, 4) is 6.07 Å². The Morgan fingerprint density at radius 2 is 2.00 bits per heavy atom. The van der Waals surface area contributed by atoms with Gasteiger partial charge >= 0.3 is 0 Å². The predicted octanol–water partition coefficient (Wildman–Crippen LogP) is 2.42. The van der Waals surface area contributed by atoms with Crippen molar-refractivity contribution in [1.82, 2.24) is 19.7 Å². The Balaban J connectivity index is 1.49. The van der Waals surface area contributed by atoms with Crippen molar-refractivity contribution in [3.05, 3.63) is 29.3 Å². The minimum atomic E-state index is -0.0658. The second kappa shape index (κ2) is 8.79. The third-order valence-electron chi connectivity index (χ3n) is 4.97. The van der Waals surface area contributed by atoms with E-state index in [0.717, 1.165) is 23.6 Å². The first kappa shape index (κ1) is 19.7. The first-order valence-corrected chi connectivity index (χ1v) is 10.2. The fourth-order valence-corrected chi connectivity index (χ4v) is 4.55. The molecule has 1 fully saturated rings. The minimum Gasteiger partial charge on any atom is -0.339 e. The number of rotatable bonds is 6. The highest BCUT2D eigenvalue weighted by Gasteiger charge is 2.28. The summed E-state index contributed by atoms with van der Waals surface area (Å²) in [5.74, 6) is 0.452. The van der Waals surface area contributed by atoms with Gasteiger partial charge in [0.2, 0.25) is 5.91 Å². The quantitative estimate of drug-likeness (QED) is 0.764. The van der Waals surface area contributed by atoms with E-state index in [1.54, 1.807) is 11.3 Å². The van der Waals surface area contributed by atoms with Gasteiger partial charge in [0, 0.05) is 26.2 Å². The molecule has 7 heteroatoms. The summed E-state index contributed by atoms with van der Waals surface area (Å²) in [5, 5.41) is 10.4. The third-order valence-corrected chi connectivity index (χ3v) is 5.99. The first-order chi connectivity index (χ1) is 13.0. The van der Waals surface area contributed by atoms with Crippen LogP contribution in [-0.2, 0) is 11.3 Å². The van der Waals surface area contributed by atoms with Crippen molar-refractivity contribution in [1.29, 1.82) is 5.26 Å².